The van der Waals surface area contributed by atoms with Crippen LogP contribution in [0.1, 0.15) is 38.2 Å². The topological polar surface area (TPSA) is 64.3 Å². The summed E-state index contributed by atoms with van der Waals surface area (Å²) in [7, 11) is 1.64. The predicted octanol–water partition coefficient (Wildman–Crippen LogP) is 2.22. The van der Waals surface area contributed by atoms with Gasteiger partial charge in [-0.15, -0.1) is 0 Å². The maximum absolute atomic E-state index is 12.4. The molecule has 3 N–H and O–H groups in total. The van der Waals surface area contributed by atoms with Crippen molar-refractivity contribution in [3.8, 4) is 5.75 Å². The van der Waals surface area contributed by atoms with Crippen LogP contribution in [0.2, 0.25) is 0 Å². The molecule has 2 unspecified atom stereocenters. The maximum Gasteiger partial charge on any atom is 0.225 e. The number of benzene rings is 1. The summed E-state index contributed by atoms with van der Waals surface area (Å²) in [6, 6.07) is 7.72. The van der Waals surface area contributed by atoms with E-state index in [9.17, 15) is 4.79 Å². The molecular weight excluding hydrogens is 252 g/mol. The lowest BCUT2D eigenvalue weighted by Gasteiger charge is -2.37. The first kappa shape index (κ1) is 14.9. The van der Waals surface area contributed by atoms with E-state index in [-0.39, 0.29) is 17.4 Å². The summed E-state index contributed by atoms with van der Waals surface area (Å²) in [6.45, 7) is 2.47. The largest absolute Gasteiger partial charge is 0.496 e. The highest BCUT2D eigenvalue weighted by Gasteiger charge is 2.37. The number of nitrogens with two attached hydrogens (primary N) is 1. The summed E-state index contributed by atoms with van der Waals surface area (Å²) in [4.78, 5) is 12.4. The van der Waals surface area contributed by atoms with Gasteiger partial charge in [0.15, 0.2) is 0 Å². The zero-order chi connectivity index (χ0) is 14.6. The van der Waals surface area contributed by atoms with E-state index in [4.69, 9.17) is 10.5 Å². The minimum absolute atomic E-state index is 0.0561. The third kappa shape index (κ3) is 3.31. The fraction of sp³-hybridized carbons (Fsp3) is 0.562. The molecule has 110 valence electrons. The Morgan fingerprint density at radius 2 is 2.20 bits per heavy atom. The highest BCUT2D eigenvalue weighted by molar-refractivity contribution is 5.80. The average Bonchev–Trinajstić information content (AvgIpc) is 2.44. The number of rotatable bonds is 4. The van der Waals surface area contributed by atoms with Crippen molar-refractivity contribution in [3.63, 3.8) is 0 Å². The number of hydrogen-bond acceptors (Lipinski definition) is 3. The first-order valence-corrected chi connectivity index (χ1v) is 7.23. The van der Waals surface area contributed by atoms with E-state index in [2.05, 4.69) is 5.32 Å². The third-order valence-electron chi connectivity index (χ3n) is 4.22. The molecule has 2 atom stereocenters. The van der Waals surface area contributed by atoms with Crippen molar-refractivity contribution in [2.45, 2.75) is 44.7 Å². The van der Waals surface area contributed by atoms with Crippen LogP contribution in [0.25, 0.3) is 0 Å². The summed E-state index contributed by atoms with van der Waals surface area (Å²) >= 11 is 0. The first-order valence-electron chi connectivity index (χ1n) is 7.23. The molecule has 1 fully saturated rings. The number of methoxy groups -OCH3 is 1. The van der Waals surface area contributed by atoms with Gasteiger partial charge in [0.25, 0.3) is 0 Å². The number of amides is 1. The molecular formula is C16H24N2O2. The van der Waals surface area contributed by atoms with Crippen LogP contribution in [0.4, 0.5) is 0 Å². The number of carbonyl (C=O) groups is 1. The Hall–Kier alpha value is -1.55. The zero-order valence-electron chi connectivity index (χ0n) is 12.3. The van der Waals surface area contributed by atoms with Crippen LogP contribution in [0.5, 0.6) is 5.75 Å². The van der Waals surface area contributed by atoms with Crippen LogP contribution in [0, 0.1) is 5.92 Å². The second kappa shape index (κ2) is 6.27. The number of nitrogens with one attached hydrogen (secondary N) is 1. The molecule has 0 heterocycles. The van der Waals surface area contributed by atoms with Gasteiger partial charge in [-0.3, -0.25) is 4.79 Å². The van der Waals surface area contributed by atoms with Crippen molar-refractivity contribution in [2.75, 3.05) is 7.11 Å². The predicted molar refractivity (Wildman–Crippen MR) is 79.4 cm³/mol. The van der Waals surface area contributed by atoms with Crippen LogP contribution >= 0.6 is 0 Å². The number of hydrogen-bond donors (Lipinski definition) is 2. The van der Waals surface area contributed by atoms with Gasteiger partial charge >= 0.3 is 0 Å². The van der Waals surface area contributed by atoms with Crippen molar-refractivity contribution in [3.05, 3.63) is 29.8 Å². The van der Waals surface area contributed by atoms with Crippen molar-refractivity contribution in [2.24, 2.45) is 11.7 Å². The molecule has 0 radical (unpaired) electrons. The van der Waals surface area contributed by atoms with Gasteiger partial charge < -0.3 is 15.8 Å². The van der Waals surface area contributed by atoms with E-state index in [1.807, 2.05) is 31.2 Å². The van der Waals surface area contributed by atoms with E-state index in [1.54, 1.807) is 7.11 Å². The van der Waals surface area contributed by atoms with Crippen LogP contribution in [-0.4, -0.2) is 18.6 Å². The molecule has 2 rings (SSSR count). The zero-order valence-corrected chi connectivity index (χ0v) is 12.3. The lowest BCUT2D eigenvalue weighted by atomic mass is 9.74. The Kier molecular flexibility index (Phi) is 4.65. The van der Waals surface area contributed by atoms with Gasteiger partial charge in [-0.25, -0.2) is 0 Å². The molecule has 1 aromatic carbocycles. The Labute approximate surface area is 120 Å². The first-order chi connectivity index (χ1) is 9.54. The molecule has 0 bridgehead atoms. The highest BCUT2D eigenvalue weighted by Crippen LogP contribution is 2.31. The Balaban J connectivity index is 1.98. The van der Waals surface area contributed by atoms with Crippen molar-refractivity contribution < 1.29 is 9.53 Å². The van der Waals surface area contributed by atoms with Gasteiger partial charge in [0, 0.05) is 17.6 Å². The van der Waals surface area contributed by atoms with Crippen LogP contribution < -0.4 is 15.8 Å². The molecule has 4 heteroatoms. The molecule has 0 aliphatic heterocycles. The fourth-order valence-electron chi connectivity index (χ4n) is 2.94. The molecule has 1 aliphatic rings. The van der Waals surface area contributed by atoms with Gasteiger partial charge in [-0.2, -0.15) is 0 Å². The number of ether oxygens (including phenoxy) is 1. The van der Waals surface area contributed by atoms with Gasteiger partial charge in [0.1, 0.15) is 5.75 Å². The summed E-state index contributed by atoms with van der Waals surface area (Å²) in [6.07, 6.45) is 3.99. The second-order valence-corrected chi connectivity index (χ2v) is 5.83. The Bertz CT molecular complexity index is 471. The Morgan fingerprint density at radius 3 is 2.90 bits per heavy atom. The molecule has 0 spiro atoms. The lowest BCUT2D eigenvalue weighted by molar-refractivity contribution is -0.128. The maximum atomic E-state index is 12.4. The average molecular weight is 276 g/mol. The minimum atomic E-state index is -0.386. The lowest BCUT2D eigenvalue weighted by Crippen LogP contribution is -2.52. The van der Waals surface area contributed by atoms with E-state index in [1.165, 1.54) is 0 Å². The Morgan fingerprint density at radius 1 is 1.45 bits per heavy atom. The second-order valence-electron chi connectivity index (χ2n) is 5.83. The SMILES string of the molecule is COc1ccccc1CNC(=O)C1CCCCC1(C)N. The van der Waals surface area contributed by atoms with Crippen LogP contribution in [0.15, 0.2) is 24.3 Å². The molecule has 4 nitrogen and oxygen atoms in total. The normalized spacial score (nSPS) is 26.1. The summed E-state index contributed by atoms with van der Waals surface area (Å²) in [5, 5.41) is 3.00. The molecule has 20 heavy (non-hydrogen) atoms. The quantitative estimate of drug-likeness (QED) is 0.886. The van der Waals surface area contributed by atoms with Crippen molar-refractivity contribution in [1.29, 1.82) is 0 Å². The van der Waals surface area contributed by atoms with Crippen molar-refractivity contribution in [1.82, 2.24) is 5.32 Å². The van der Waals surface area contributed by atoms with Crippen LogP contribution in [0.3, 0.4) is 0 Å². The fourth-order valence-corrected chi connectivity index (χ4v) is 2.94. The smallest absolute Gasteiger partial charge is 0.225 e. The molecule has 1 amide bonds. The molecule has 0 saturated heterocycles. The number of para-hydroxylation sites is 1. The molecule has 1 saturated carbocycles. The van der Waals surface area contributed by atoms with E-state index < -0.39 is 0 Å². The minimum Gasteiger partial charge on any atom is -0.496 e. The highest BCUT2D eigenvalue weighted by atomic mass is 16.5. The van der Waals surface area contributed by atoms with Crippen molar-refractivity contribution >= 4 is 5.91 Å². The number of carbonyl (C=O) groups excluding carboxylic acids is 1. The standard InChI is InChI=1S/C16H24N2O2/c1-16(17)10-6-5-8-13(16)15(19)18-11-12-7-3-4-9-14(12)20-2/h3-4,7,9,13H,5-6,8,10-11,17H2,1-2H3,(H,18,19). The van der Waals surface area contributed by atoms with Gasteiger partial charge in [-0.1, -0.05) is 31.0 Å². The van der Waals surface area contributed by atoms with E-state index in [0.717, 1.165) is 37.0 Å². The van der Waals surface area contributed by atoms with Gasteiger partial charge in [-0.05, 0) is 25.8 Å². The molecule has 1 aromatic rings. The molecule has 1 aliphatic carbocycles. The van der Waals surface area contributed by atoms with E-state index in [0.29, 0.717) is 6.54 Å². The summed E-state index contributed by atoms with van der Waals surface area (Å²) < 4.78 is 5.29. The summed E-state index contributed by atoms with van der Waals surface area (Å²) in [5.41, 5.74) is 6.86. The molecule has 0 aromatic heterocycles. The monoisotopic (exact) mass is 276 g/mol. The third-order valence-corrected chi connectivity index (χ3v) is 4.22. The van der Waals surface area contributed by atoms with Crippen LogP contribution in [-0.2, 0) is 11.3 Å². The van der Waals surface area contributed by atoms with Gasteiger partial charge in [0.2, 0.25) is 5.91 Å². The summed E-state index contributed by atoms with van der Waals surface area (Å²) in [5.74, 6) is 0.763. The van der Waals surface area contributed by atoms with Gasteiger partial charge in [0.05, 0.1) is 13.0 Å². The van der Waals surface area contributed by atoms with E-state index >= 15 is 0 Å².